The number of unbranched alkanes of at least 4 members (excludes halogenated alkanes) is 3. The number of amides is 2. The van der Waals surface area contributed by atoms with Crippen molar-refractivity contribution in [1.29, 1.82) is 0 Å². The molecule has 0 N–H and O–H groups in total. The van der Waals surface area contributed by atoms with E-state index in [0.29, 0.717) is 0 Å². The molecule has 1 atom stereocenters. The van der Waals surface area contributed by atoms with Gasteiger partial charge in [-0.05, 0) is 25.7 Å². The van der Waals surface area contributed by atoms with Gasteiger partial charge in [0.25, 0.3) is 0 Å². The lowest BCUT2D eigenvalue weighted by Gasteiger charge is -2.24. The summed E-state index contributed by atoms with van der Waals surface area (Å²) in [5, 5.41) is 0. The van der Waals surface area contributed by atoms with Crippen LogP contribution in [0.25, 0.3) is 0 Å². The Morgan fingerprint density at radius 3 is 1.92 bits per heavy atom. The Morgan fingerprint density at radius 2 is 1.38 bits per heavy atom. The van der Waals surface area contributed by atoms with E-state index in [9.17, 15) is 9.59 Å². The average Bonchev–Trinajstić information content (AvgIpc) is 2.55. The van der Waals surface area contributed by atoms with Crippen molar-refractivity contribution in [2.24, 2.45) is 11.8 Å². The fraction of sp³-hybridized carbons (Fsp3) is 0.900. The fourth-order valence-electron chi connectivity index (χ4n) is 3.02. The third-order valence-electron chi connectivity index (χ3n) is 4.47. The first-order chi connectivity index (χ1) is 11.3. The van der Waals surface area contributed by atoms with Crippen LogP contribution in [0.15, 0.2) is 0 Å². The van der Waals surface area contributed by atoms with Gasteiger partial charge in [-0.2, -0.15) is 0 Å². The molecule has 0 aromatic heterocycles. The molecule has 0 aliphatic carbocycles. The van der Waals surface area contributed by atoms with E-state index in [-0.39, 0.29) is 23.7 Å². The van der Waals surface area contributed by atoms with E-state index in [2.05, 4.69) is 13.8 Å². The highest BCUT2D eigenvalue weighted by Gasteiger charge is 2.17. The highest BCUT2D eigenvalue weighted by Crippen LogP contribution is 2.14. The van der Waals surface area contributed by atoms with Crippen LogP contribution in [0.2, 0.25) is 0 Å². The molecule has 1 unspecified atom stereocenters. The minimum absolute atomic E-state index is 0.0866. The number of rotatable bonds is 13. The molecular weight excluding hydrogens is 300 g/mol. The SMILES string of the molecule is CCCN(C)C(=O)C(C)CCCCCCN(CCC)C(=O)C(C)C. The zero-order valence-corrected chi connectivity index (χ0v) is 16.9. The van der Waals surface area contributed by atoms with E-state index in [1.54, 1.807) is 0 Å². The van der Waals surface area contributed by atoms with E-state index in [1.807, 2.05) is 37.6 Å². The maximum atomic E-state index is 12.1. The van der Waals surface area contributed by atoms with Gasteiger partial charge in [-0.25, -0.2) is 0 Å². The standard InChI is InChI=1S/C20H40N2O2/c1-7-14-21(6)20(24)18(5)13-11-9-10-12-16-22(15-8-2)19(23)17(3)4/h17-18H,7-16H2,1-6H3. The molecule has 0 saturated heterocycles. The zero-order valence-electron chi connectivity index (χ0n) is 16.9. The van der Waals surface area contributed by atoms with Gasteiger partial charge in [0.05, 0.1) is 0 Å². The number of hydrogen-bond acceptors (Lipinski definition) is 2. The van der Waals surface area contributed by atoms with Gasteiger partial charge in [-0.15, -0.1) is 0 Å². The Bertz CT molecular complexity index is 356. The fourth-order valence-corrected chi connectivity index (χ4v) is 3.02. The first-order valence-corrected chi connectivity index (χ1v) is 9.88. The molecule has 4 nitrogen and oxygen atoms in total. The molecule has 0 aliphatic heterocycles. The van der Waals surface area contributed by atoms with Crippen LogP contribution in [0, 0.1) is 11.8 Å². The number of hydrogen-bond donors (Lipinski definition) is 0. The highest BCUT2D eigenvalue weighted by molar-refractivity contribution is 5.78. The van der Waals surface area contributed by atoms with Crippen LogP contribution in [0.5, 0.6) is 0 Å². The van der Waals surface area contributed by atoms with Gasteiger partial charge in [0.2, 0.25) is 11.8 Å². The normalized spacial score (nSPS) is 12.3. The second-order valence-corrected chi connectivity index (χ2v) is 7.34. The predicted molar refractivity (Wildman–Crippen MR) is 102 cm³/mol. The highest BCUT2D eigenvalue weighted by atomic mass is 16.2. The molecule has 0 fully saturated rings. The Kier molecular flexibility index (Phi) is 12.7. The molecule has 142 valence electrons. The lowest BCUT2D eigenvalue weighted by atomic mass is 10.0. The monoisotopic (exact) mass is 340 g/mol. The second kappa shape index (κ2) is 13.3. The van der Waals surface area contributed by atoms with Crippen molar-refractivity contribution < 1.29 is 9.59 Å². The Balaban J connectivity index is 3.92. The van der Waals surface area contributed by atoms with Crippen molar-refractivity contribution in [1.82, 2.24) is 9.80 Å². The molecule has 0 bridgehead atoms. The summed E-state index contributed by atoms with van der Waals surface area (Å²) >= 11 is 0. The van der Waals surface area contributed by atoms with E-state index < -0.39 is 0 Å². The zero-order chi connectivity index (χ0) is 18.5. The molecule has 0 spiro atoms. The summed E-state index contributed by atoms with van der Waals surface area (Å²) in [6, 6.07) is 0. The van der Waals surface area contributed by atoms with Crippen LogP contribution >= 0.6 is 0 Å². The van der Waals surface area contributed by atoms with Crippen LogP contribution in [-0.2, 0) is 9.59 Å². The summed E-state index contributed by atoms with van der Waals surface area (Å²) in [5.41, 5.74) is 0. The van der Waals surface area contributed by atoms with Crippen molar-refractivity contribution in [3.63, 3.8) is 0 Å². The van der Waals surface area contributed by atoms with E-state index in [0.717, 1.165) is 64.6 Å². The van der Waals surface area contributed by atoms with Gasteiger partial charge >= 0.3 is 0 Å². The largest absolute Gasteiger partial charge is 0.346 e. The van der Waals surface area contributed by atoms with E-state index in [4.69, 9.17) is 0 Å². The minimum atomic E-state index is 0.0866. The van der Waals surface area contributed by atoms with Gasteiger partial charge in [0.1, 0.15) is 0 Å². The van der Waals surface area contributed by atoms with Crippen molar-refractivity contribution in [2.75, 3.05) is 26.7 Å². The maximum Gasteiger partial charge on any atom is 0.225 e. The first-order valence-electron chi connectivity index (χ1n) is 9.88. The molecule has 0 aliphatic rings. The third-order valence-corrected chi connectivity index (χ3v) is 4.47. The van der Waals surface area contributed by atoms with Crippen molar-refractivity contribution in [2.45, 2.75) is 79.6 Å². The van der Waals surface area contributed by atoms with Crippen LogP contribution in [0.3, 0.4) is 0 Å². The second-order valence-electron chi connectivity index (χ2n) is 7.34. The molecule has 0 radical (unpaired) electrons. The molecule has 2 amide bonds. The lowest BCUT2D eigenvalue weighted by molar-refractivity contribution is -0.135. The quantitative estimate of drug-likeness (QED) is 0.468. The summed E-state index contributed by atoms with van der Waals surface area (Å²) in [4.78, 5) is 28.1. The third kappa shape index (κ3) is 9.29. The van der Waals surface area contributed by atoms with Gasteiger partial charge < -0.3 is 9.80 Å². The molecule has 24 heavy (non-hydrogen) atoms. The molecule has 0 aromatic carbocycles. The van der Waals surface area contributed by atoms with Gasteiger partial charge in [0.15, 0.2) is 0 Å². The summed E-state index contributed by atoms with van der Waals surface area (Å²) < 4.78 is 0. The molecule has 4 heteroatoms. The summed E-state index contributed by atoms with van der Waals surface area (Å²) in [6.07, 6.45) is 7.44. The summed E-state index contributed by atoms with van der Waals surface area (Å²) in [7, 11) is 1.90. The van der Waals surface area contributed by atoms with E-state index >= 15 is 0 Å². The first kappa shape index (κ1) is 22.9. The van der Waals surface area contributed by atoms with Crippen LogP contribution in [-0.4, -0.2) is 48.3 Å². The Hall–Kier alpha value is -1.06. The number of carbonyl (C=O) groups excluding carboxylic acids is 2. The lowest BCUT2D eigenvalue weighted by Crippen LogP contribution is -2.35. The number of carbonyl (C=O) groups is 2. The Morgan fingerprint density at radius 1 is 0.792 bits per heavy atom. The number of nitrogens with zero attached hydrogens (tertiary/aromatic N) is 2. The molecule has 0 heterocycles. The predicted octanol–water partition coefficient (Wildman–Crippen LogP) is 4.34. The maximum absolute atomic E-state index is 12.1. The minimum Gasteiger partial charge on any atom is -0.346 e. The smallest absolute Gasteiger partial charge is 0.225 e. The van der Waals surface area contributed by atoms with Crippen molar-refractivity contribution in [3.05, 3.63) is 0 Å². The molecule has 0 saturated carbocycles. The van der Waals surface area contributed by atoms with Crippen LogP contribution < -0.4 is 0 Å². The molecule has 0 aromatic rings. The molecule has 0 rings (SSSR count). The van der Waals surface area contributed by atoms with Gasteiger partial charge in [0, 0.05) is 38.5 Å². The van der Waals surface area contributed by atoms with Crippen LogP contribution in [0.4, 0.5) is 0 Å². The van der Waals surface area contributed by atoms with Gasteiger partial charge in [-0.1, -0.05) is 53.9 Å². The Labute approximate surface area is 150 Å². The van der Waals surface area contributed by atoms with Crippen molar-refractivity contribution >= 4 is 11.8 Å². The van der Waals surface area contributed by atoms with Crippen molar-refractivity contribution in [3.8, 4) is 0 Å². The summed E-state index contributed by atoms with van der Waals surface area (Å²) in [5.74, 6) is 0.757. The topological polar surface area (TPSA) is 40.6 Å². The molecular formula is C20H40N2O2. The van der Waals surface area contributed by atoms with Gasteiger partial charge in [-0.3, -0.25) is 9.59 Å². The van der Waals surface area contributed by atoms with E-state index in [1.165, 1.54) is 0 Å². The summed E-state index contributed by atoms with van der Waals surface area (Å²) in [6.45, 7) is 12.8. The van der Waals surface area contributed by atoms with Crippen LogP contribution in [0.1, 0.15) is 79.6 Å². The average molecular weight is 341 g/mol.